The van der Waals surface area contributed by atoms with Gasteiger partial charge in [-0.1, -0.05) is 141 Å². The van der Waals surface area contributed by atoms with Gasteiger partial charge in [0.15, 0.2) is 23.2 Å². The van der Waals surface area contributed by atoms with Crippen LogP contribution < -0.4 is 4.74 Å². The van der Waals surface area contributed by atoms with Gasteiger partial charge in [0.2, 0.25) is 0 Å². The Morgan fingerprint density at radius 3 is 1.95 bits per heavy atom. The second-order valence-corrected chi connectivity index (χ2v) is 32.1. The van der Waals surface area contributed by atoms with Gasteiger partial charge in [-0.05, 0) is 121 Å². The Morgan fingerprint density at radius 1 is 0.746 bits per heavy atom. The molecule has 0 aliphatic heterocycles. The molecule has 1 fully saturated rings. The van der Waals surface area contributed by atoms with Crippen molar-refractivity contribution < 1.29 is 41.3 Å². The van der Waals surface area contributed by atoms with Crippen LogP contribution in [-0.2, 0) is 62.6 Å². The van der Waals surface area contributed by atoms with Gasteiger partial charge in [-0.3, -0.25) is 13.6 Å². The Balaban J connectivity index is 1.21. The Kier molecular flexibility index (Phi) is 18.5. The maximum Gasteiger partial charge on any atom is 0.475 e. The van der Waals surface area contributed by atoms with Crippen LogP contribution in [-0.4, -0.2) is 54.6 Å². The number of carbonyl (C=O) groups excluding carboxylic acids is 1. The molecule has 3 aromatic carbocycles. The van der Waals surface area contributed by atoms with Crippen molar-refractivity contribution in [2.75, 3.05) is 19.8 Å². The van der Waals surface area contributed by atoms with E-state index in [2.05, 4.69) is 80.7 Å². The fraction of sp³-hybridized carbons (Fsp3) is 0.627. The van der Waals surface area contributed by atoms with E-state index in [1.165, 1.54) is 30.4 Å². The lowest BCUT2D eigenvalue weighted by Gasteiger charge is -2.42. The summed E-state index contributed by atoms with van der Waals surface area (Å²) in [6.07, 6.45) is 10.4. The van der Waals surface area contributed by atoms with Crippen LogP contribution in [0.2, 0.25) is 36.3 Å². The highest BCUT2D eigenvalue weighted by Gasteiger charge is 2.50. The van der Waals surface area contributed by atoms with E-state index in [1.807, 2.05) is 72.8 Å². The zero-order valence-electron chi connectivity index (χ0n) is 40.4. The van der Waals surface area contributed by atoms with Crippen molar-refractivity contribution in [2.45, 2.75) is 168 Å². The Hall–Kier alpha value is -2.61. The second-order valence-electron chi connectivity index (χ2n) is 20.9. The van der Waals surface area contributed by atoms with Gasteiger partial charge in [-0.25, -0.2) is 9.36 Å². The third kappa shape index (κ3) is 15.0. The van der Waals surface area contributed by atoms with Gasteiger partial charge in [0, 0.05) is 12.2 Å². The van der Waals surface area contributed by atoms with Crippen LogP contribution in [0.5, 0.6) is 5.75 Å². The zero-order chi connectivity index (χ0) is 45.9. The highest BCUT2D eigenvalue weighted by Crippen LogP contribution is 2.53. The predicted molar refractivity (Wildman–Crippen MR) is 259 cm³/mol. The van der Waals surface area contributed by atoms with Gasteiger partial charge in [-0.2, -0.15) is 0 Å². The number of unbranched alkanes of at least 4 members (excludes halogenated alkanes) is 2. The molecule has 5 rings (SSSR count). The van der Waals surface area contributed by atoms with E-state index in [4.69, 9.17) is 31.9 Å². The average molecular weight is 923 g/mol. The minimum Gasteiger partial charge on any atom is -0.482 e. The van der Waals surface area contributed by atoms with E-state index in [-0.39, 0.29) is 55.3 Å². The molecule has 0 radical (unpaired) electrons. The van der Waals surface area contributed by atoms with E-state index in [1.54, 1.807) is 0 Å². The van der Waals surface area contributed by atoms with Gasteiger partial charge in [0.1, 0.15) is 12.4 Å². The fourth-order valence-electron chi connectivity index (χ4n) is 8.51. The van der Waals surface area contributed by atoms with E-state index >= 15 is 0 Å². The van der Waals surface area contributed by atoms with Crippen LogP contribution >= 0.6 is 7.82 Å². The number of benzene rings is 3. The van der Waals surface area contributed by atoms with Crippen molar-refractivity contribution in [3.05, 3.63) is 101 Å². The standard InChI is InChI=1S/C51H79O9PSi2/c1-12-13-16-27-43(59-62(8,9)50(2,3)4)29-30-44-45-33-41-26-21-28-47(46(41)34-42(45)35-48(44)60-63(10,11)51(5,6)7)55-38-49(52)54-31-32-56-61(53,57-36-39-22-17-14-18-23-39)58-37-40-24-19-15-20-25-40/h14-15,17-26,28,42-45,48H,12-13,16,27,29-38H2,1-11H3/t42-,43-,44+,45-,48+/m0/s1. The minimum atomic E-state index is -3.99. The summed E-state index contributed by atoms with van der Waals surface area (Å²) in [5.74, 6) is 1.64. The molecule has 0 saturated heterocycles. The van der Waals surface area contributed by atoms with Crippen molar-refractivity contribution >= 4 is 30.4 Å². The second kappa shape index (κ2) is 22.7. The van der Waals surface area contributed by atoms with E-state index in [9.17, 15) is 9.36 Å². The van der Waals surface area contributed by atoms with E-state index < -0.39 is 30.4 Å². The molecular formula is C51H79O9PSi2. The molecule has 0 heterocycles. The summed E-state index contributed by atoms with van der Waals surface area (Å²) >= 11 is 0. The summed E-state index contributed by atoms with van der Waals surface area (Å²) in [5, 5.41) is 0.290. The highest BCUT2D eigenvalue weighted by atomic mass is 31.2. The van der Waals surface area contributed by atoms with Crippen LogP contribution in [0.3, 0.4) is 0 Å². The number of esters is 1. The topological polar surface area (TPSA) is 98.8 Å². The third-order valence-electron chi connectivity index (χ3n) is 14.2. The molecular weight excluding hydrogens is 844 g/mol. The van der Waals surface area contributed by atoms with Crippen LogP contribution in [0.1, 0.15) is 116 Å². The first-order valence-electron chi connectivity index (χ1n) is 23.6. The molecule has 12 heteroatoms. The Bertz CT molecular complexity index is 1860. The van der Waals surface area contributed by atoms with Crippen molar-refractivity contribution in [2.24, 2.45) is 17.8 Å². The first kappa shape index (κ1) is 51.4. The lowest BCUT2D eigenvalue weighted by molar-refractivity contribution is -0.147. The smallest absolute Gasteiger partial charge is 0.475 e. The van der Waals surface area contributed by atoms with E-state index in [0.717, 1.165) is 55.4 Å². The molecule has 5 atom stereocenters. The summed E-state index contributed by atoms with van der Waals surface area (Å²) in [6, 6.07) is 25.0. The number of rotatable bonds is 24. The lowest BCUT2D eigenvalue weighted by Crippen LogP contribution is -2.46. The van der Waals surface area contributed by atoms with Gasteiger partial charge in [0.05, 0.1) is 19.8 Å². The van der Waals surface area contributed by atoms with Crippen LogP contribution in [0.25, 0.3) is 0 Å². The number of carbonyl (C=O) groups is 1. The summed E-state index contributed by atoms with van der Waals surface area (Å²) in [4.78, 5) is 13.0. The number of phosphoric acid groups is 1. The number of hydrogen-bond donors (Lipinski definition) is 0. The number of hydrogen-bond acceptors (Lipinski definition) is 9. The Labute approximate surface area is 382 Å². The number of fused-ring (bicyclic) bond motifs is 2. The molecule has 0 amide bonds. The van der Waals surface area contributed by atoms with Crippen molar-refractivity contribution in [3.8, 4) is 5.75 Å². The molecule has 63 heavy (non-hydrogen) atoms. The molecule has 0 bridgehead atoms. The first-order valence-corrected chi connectivity index (χ1v) is 30.8. The largest absolute Gasteiger partial charge is 0.482 e. The highest BCUT2D eigenvalue weighted by molar-refractivity contribution is 7.48. The average Bonchev–Trinajstić information content (AvgIpc) is 3.55. The quantitative estimate of drug-likeness (QED) is 0.0376. The minimum absolute atomic E-state index is 0.0421. The number of ether oxygens (including phenoxy) is 2. The van der Waals surface area contributed by atoms with E-state index in [0.29, 0.717) is 17.8 Å². The molecule has 0 unspecified atom stereocenters. The molecule has 1 saturated carbocycles. The van der Waals surface area contributed by atoms with Crippen LogP contribution in [0.4, 0.5) is 0 Å². The molecule has 0 aromatic heterocycles. The lowest BCUT2D eigenvalue weighted by atomic mass is 9.73. The summed E-state index contributed by atoms with van der Waals surface area (Å²) in [6.45, 7) is 25.4. The monoisotopic (exact) mass is 923 g/mol. The van der Waals surface area contributed by atoms with Gasteiger partial charge < -0.3 is 18.3 Å². The maximum atomic E-state index is 13.6. The third-order valence-corrected chi connectivity index (χ3v) is 24.6. The van der Waals surface area contributed by atoms with Crippen LogP contribution in [0.15, 0.2) is 78.9 Å². The molecule has 2 aliphatic carbocycles. The molecule has 9 nitrogen and oxygen atoms in total. The first-order chi connectivity index (χ1) is 29.7. The molecule has 2 aliphatic rings. The molecule has 3 aromatic rings. The van der Waals surface area contributed by atoms with Crippen molar-refractivity contribution in [3.63, 3.8) is 0 Å². The molecule has 0 spiro atoms. The molecule has 350 valence electrons. The summed E-state index contributed by atoms with van der Waals surface area (Å²) in [7, 11) is -7.96. The van der Waals surface area contributed by atoms with Gasteiger partial charge >= 0.3 is 13.8 Å². The van der Waals surface area contributed by atoms with Gasteiger partial charge in [-0.15, -0.1) is 0 Å². The SMILES string of the molecule is CCCCC[C@@H](CC[C@@H]1[C@H]2Cc3cccc(OCC(=O)OCCOP(=O)(OCc4ccccc4)OCc4ccccc4)c3C[C@H]2C[C@H]1O[Si](C)(C)C(C)(C)C)O[Si](C)(C)C(C)(C)C. The van der Waals surface area contributed by atoms with Gasteiger partial charge in [0.25, 0.3) is 0 Å². The maximum absolute atomic E-state index is 13.6. The molecule has 0 N–H and O–H groups in total. The predicted octanol–water partition coefficient (Wildman–Crippen LogP) is 13.7. The number of phosphoric ester groups is 1. The van der Waals surface area contributed by atoms with Crippen molar-refractivity contribution in [1.29, 1.82) is 0 Å². The summed E-state index contributed by atoms with van der Waals surface area (Å²) < 4.78 is 56.9. The van der Waals surface area contributed by atoms with Crippen LogP contribution in [0, 0.1) is 17.8 Å². The summed E-state index contributed by atoms with van der Waals surface area (Å²) in [5.41, 5.74) is 4.14. The fourth-order valence-corrected chi connectivity index (χ4v) is 12.4. The van der Waals surface area contributed by atoms with Crippen molar-refractivity contribution in [1.82, 2.24) is 0 Å². The normalized spacial score (nSPS) is 19.9. The zero-order valence-corrected chi connectivity index (χ0v) is 43.3. The Morgan fingerprint density at radius 2 is 1.37 bits per heavy atom.